The summed E-state index contributed by atoms with van der Waals surface area (Å²) in [6.07, 6.45) is 1.64. The number of hydrogen-bond acceptors (Lipinski definition) is 3. The standard InChI is InChI=1S/C8H14O3/c1-4-5-11-6-7(2)8(9)10-3/h4,7H,1,5-6H2,2-3H3/t7-/m1/s1. The van der Waals surface area contributed by atoms with Crippen LogP contribution in [-0.4, -0.2) is 26.3 Å². The van der Waals surface area contributed by atoms with Gasteiger partial charge in [0.25, 0.3) is 0 Å². The largest absolute Gasteiger partial charge is 0.469 e. The SMILES string of the molecule is C=CCOC[C@@H](C)C(=O)OC. The van der Waals surface area contributed by atoms with E-state index in [0.717, 1.165) is 0 Å². The molecule has 0 fully saturated rings. The van der Waals surface area contributed by atoms with Crippen LogP contribution in [-0.2, 0) is 14.3 Å². The second-order valence-electron chi connectivity index (χ2n) is 2.25. The maximum absolute atomic E-state index is 10.8. The lowest BCUT2D eigenvalue weighted by Gasteiger charge is -2.07. The van der Waals surface area contributed by atoms with Crippen molar-refractivity contribution in [3.63, 3.8) is 0 Å². The minimum Gasteiger partial charge on any atom is -0.469 e. The average molecular weight is 158 g/mol. The molecule has 11 heavy (non-hydrogen) atoms. The Morgan fingerprint density at radius 2 is 2.36 bits per heavy atom. The van der Waals surface area contributed by atoms with E-state index in [1.807, 2.05) is 0 Å². The third kappa shape index (κ3) is 4.56. The highest BCUT2D eigenvalue weighted by atomic mass is 16.5. The number of esters is 1. The lowest BCUT2D eigenvalue weighted by molar-refractivity contribution is -0.146. The second-order valence-corrected chi connectivity index (χ2v) is 2.25. The molecule has 0 bridgehead atoms. The number of carbonyl (C=O) groups is 1. The van der Waals surface area contributed by atoms with E-state index in [9.17, 15) is 4.79 Å². The Labute approximate surface area is 67.0 Å². The number of ether oxygens (including phenoxy) is 2. The van der Waals surface area contributed by atoms with E-state index in [-0.39, 0.29) is 11.9 Å². The summed E-state index contributed by atoms with van der Waals surface area (Å²) in [5, 5.41) is 0. The van der Waals surface area contributed by atoms with Crippen molar-refractivity contribution in [1.29, 1.82) is 0 Å². The Morgan fingerprint density at radius 1 is 1.73 bits per heavy atom. The van der Waals surface area contributed by atoms with Crippen LogP contribution in [0.15, 0.2) is 12.7 Å². The van der Waals surface area contributed by atoms with Crippen molar-refractivity contribution in [2.75, 3.05) is 20.3 Å². The van der Waals surface area contributed by atoms with Crippen LogP contribution in [0, 0.1) is 5.92 Å². The third-order valence-electron chi connectivity index (χ3n) is 1.21. The summed E-state index contributed by atoms with van der Waals surface area (Å²) >= 11 is 0. The fraction of sp³-hybridized carbons (Fsp3) is 0.625. The molecule has 0 heterocycles. The van der Waals surface area contributed by atoms with E-state index < -0.39 is 0 Å². The normalized spacial score (nSPS) is 12.2. The summed E-state index contributed by atoms with van der Waals surface area (Å²) in [6.45, 7) is 6.10. The molecule has 0 radical (unpaired) electrons. The van der Waals surface area contributed by atoms with Crippen molar-refractivity contribution in [3.8, 4) is 0 Å². The van der Waals surface area contributed by atoms with Gasteiger partial charge in [-0.2, -0.15) is 0 Å². The summed E-state index contributed by atoms with van der Waals surface area (Å²) < 4.78 is 9.55. The number of methoxy groups -OCH3 is 1. The van der Waals surface area contributed by atoms with Gasteiger partial charge in [0.05, 0.1) is 26.2 Å². The Hall–Kier alpha value is -0.830. The van der Waals surface area contributed by atoms with Crippen molar-refractivity contribution in [2.45, 2.75) is 6.92 Å². The van der Waals surface area contributed by atoms with Crippen LogP contribution in [0.1, 0.15) is 6.92 Å². The van der Waals surface area contributed by atoms with Crippen LogP contribution in [0.2, 0.25) is 0 Å². The van der Waals surface area contributed by atoms with E-state index in [2.05, 4.69) is 11.3 Å². The van der Waals surface area contributed by atoms with E-state index in [1.54, 1.807) is 13.0 Å². The molecule has 0 aliphatic heterocycles. The second kappa shape index (κ2) is 5.92. The van der Waals surface area contributed by atoms with Crippen molar-refractivity contribution in [1.82, 2.24) is 0 Å². The Kier molecular flexibility index (Phi) is 5.47. The van der Waals surface area contributed by atoms with Gasteiger partial charge < -0.3 is 9.47 Å². The zero-order valence-electron chi connectivity index (χ0n) is 7.00. The number of rotatable bonds is 5. The molecule has 0 aromatic heterocycles. The first-order valence-electron chi connectivity index (χ1n) is 3.48. The minimum atomic E-state index is -0.242. The molecule has 3 nitrogen and oxygen atoms in total. The topological polar surface area (TPSA) is 35.5 Å². The summed E-state index contributed by atoms with van der Waals surface area (Å²) in [7, 11) is 1.37. The van der Waals surface area contributed by atoms with Crippen molar-refractivity contribution >= 4 is 5.97 Å². The predicted octanol–water partition coefficient (Wildman–Crippen LogP) is 0.998. The van der Waals surface area contributed by atoms with Gasteiger partial charge in [-0.1, -0.05) is 6.08 Å². The van der Waals surface area contributed by atoms with E-state index in [4.69, 9.17) is 4.74 Å². The molecule has 1 atom stereocenters. The lowest BCUT2D eigenvalue weighted by Crippen LogP contribution is -2.18. The third-order valence-corrected chi connectivity index (χ3v) is 1.21. The molecular weight excluding hydrogens is 144 g/mol. The summed E-state index contributed by atoms with van der Waals surface area (Å²) in [5.74, 6) is -0.436. The molecule has 0 aliphatic carbocycles. The molecule has 0 saturated carbocycles. The zero-order valence-corrected chi connectivity index (χ0v) is 7.00. The van der Waals surface area contributed by atoms with Crippen LogP contribution in [0.25, 0.3) is 0 Å². The fourth-order valence-electron chi connectivity index (χ4n) is 0.597. The maximum Gasteiger partial charge on any atom is 0.310 e. The van der Waals surface area contributed by atoms with Crippen molar-refractivity contribution in [2.24, 2.45) is 5.92 Å². The first-order valence-corrected chi connectivity index (χ1v) is 3.48. The molecule has 0 saturated heterocycles. The van der Waals surface area contributed by atoms with E-state index >= 15 is 0 Å². The first kappa shape index (κ1) is 10.2. The smallest absolute Gasteiger partial charge is 0.310 e. The molecule has 3 heteroatoms. The maximum atomic E-state index is 10.8. The molecule has 64 valence electrons. The van der Waals surface area contributed by atoms with Crippen LogP contribution in [0.5, 0.6) is 0 Å². The van der Waals surface area contributed by atoms with Crippen molar-refractivity contribution in [3.05, 3.63) is 12.7 Å². The molecule has 0 amide bonds. The highest BCUT2D eigenvalue weighted by Gasteiger charge is 2.11. The quantitative estimate of drug-likeness (QED) is 0.340. The van der Waals surface area contributed by atoms with Gasteiger partial charge in [0.1, 0.15) is 0 Å². The molecule has 0 N–H and O–H groups in total. The fourth-order valence-corrected chi connectivity index (χ4v) is 0.597. The van der Waals surface area contributed by atoms with Crippen LogP contribution in [0.3, 0.4) is 0 Å². The Bertz CT molecular complexity index is 131. The van der Waals surface area contributed by atoms with Gasteiger partial charge in [-0.05, 0) is 6.92 Å². The summed E-state index contributed by atoms with van der Waals surface area (Å²) in [5.41, 5.74) is 0. The van der Waals surface area contributed by atoms with Crippen LogP contribution >= 0.6 is 0 Å². The summed E-state index contributed by atoms with van der Waals surface area (Å²) in [6, 6.07) is 0. The van der Waals surface area contributed by atoms with Gasteiger partial charge in [0.2, 0.25) is 0 Å². The number of hydrogen-bond donors (Lipinski definition) is 0. The average Bonchev–Trinajstić information content (AvgIpc) is 2.03. The van der Waals surface area contributed by atoms with Gasteiger partial charge >= 0.3 is 5.97 Å². The Balaban J connectivity index is 3.43. The molecular formula is C8H14O3. The van der Waals surface area contributed by atoms with Crippen molar-refractivity contribution < 1.29 is 14.3 Å². The highest BCUT2D eigenvalue weighted by molar-refractivity contribution is 5.71. The monoisotopic (exact) mass is 158 g/mol. The molecule has 0 aliphatic rings. The molecule has 0 aromatic carbocycles. The van der Waals surface area contributed by atoms with Gasteiger partial charge in [0, 0.05) is 0 Å². The Morgan fingerprint density at radius 3 is 2.82 bits per heavy atom. The molecule has 0 rings (SSSR count). The first-order chi connectivity index (χ1) is 5.22. The number of carbonyl (C=O) groups excluding carboxylic acids is 1. The van der Waals surface area contributed by atoms with E-state index in [1.165, 1.54) is 7.11 Å². The minimum absolute atomic E-state index is 0.194. The van der Waals surface area contributed by atoms with Crippen LogP contribution < -0.4 is 0 Å². The van der Waals surface area contributed by atoms with Gasteiger partial charge in [-0.25, -0.2) is 0 Å². The molecule has 0 spiro atoms. The summed E-state index contributed by atoms with van der Waals surface area (Å²) in [4.78, 5) is 10.8. The van der Waals surface area contributed by atoms with E-state index in [0.29, 0.717) is 13.2 Å². The highest BCUT2D eigenvalue weighted by Crippen LogP contribution is 1.97. The van der Waals surface area contributed by atoms with Crippen LogP contribution in [0.4, 0.5) is 0 Å². The predicted molar refractivity (Wildman–Crippen MR) is 42.2 cm³/mol. The van der Waals surface area contributed by atoms with Gasteiger partial charge in [-0.3, -0.25) is 4.79 Å². The molecule has 0 aromatic rings. The zero-order chi connectivity index (χ0) is 8.69. The van der Waals surface area contributed by atoms with Gasteiger partial charge in [0.15, 0.2) is 0 Å². The lowest BCUT2D eigenvalue weighted by atomic mass is 10.2. The molecule has 0 unspecified atom stereocenters. The van der Waals surface area contributed by atoms with Gasteiger partial charge in [-0.15, -0.1) is 6.58 Å².